The van der Waals surface area contributed by atoms with Gasteiger partial charge in [-0.1, -0.05) is 59.1 Å². The minimum absolute atomic E-state index is 0.255. The van der Waals surface area contributed by atoms with Crippen LogP contribution in [-0.4, -0.2) is 53.3 Å². The number of hydrogen-bond acceptors (Lipinski definition) is 4. The van der Waals surface area contributed by atoms with Crippen molar-refractivity contribution in [2.75, 3.05) is 26.2 Å². The minimum atomic E-state index is -1.82. The SMILES string of the molecule is CCC(C)(C)c1ccc(OCCCCCCCN2CCC(C)CC2)cc1.O=C(O)C(=O)O. The maximum atomic E-state index is 9.10. The van der Waals surface area contributed by atoms with Gasteiger partial charge >= 0.3 is 11.9 Å². The molecule has 6 nitrogen and oxygen atoms in total. The van der Waals surface area contributed by atoms with E-state index in [1.54, 1.807) is 0 Å². The molecule has 2 rings (SSSR count). The van der Waals surface area contributed by atoms with Gasteiger partial charge in [-0.05, 0) is 80.8 Å². The number of carboxylic acids is 2. The van der Waals surface area contributed by atoms with Gasteiger partial charge in [0.05, 0.1) is 6.61 Å². The second kappa shape index (κ2) is 14.9. The van der Waals surface area contributed by atoms with E-state index in [-0.39, 0.29) is 5.41 Å². The van der Waals surface area contributed by atoms with Crippen molar-refractivity contribution < 1.29 is 24.5 Å². The average molecular weight is 450 g/mol. The van der Waals surface area contributed by atoms with E-state index in [9.17, 15) is 0 Å². The molecule has 1 fully saturated rings. The summed E-state index contributed by atoms with van der Waals surface area (Å²) >= 11 is 0. The molecular formula is C26H43NO5. The lowest BCUT2D eigenvalue weighted by Crippen LogP contribution is -2.33. The predicted octanol–water partition coefficient (Wildman–Crippen LogP) is 5.59. The van der Waals surface area contributed by atoms with E-state index in [1.165, 1.54) is 70.1 Å². The molecule has 1 heterocycles. The summed E-state index contributed by atoms with van der Waals surface area (Å²) < 4.78 is 5.91. The van der Waals surface area contributed by atoms with Crippen LogP contribution in [0.2, 0.25) is 0 Å². The molecule has 1 aliphatic rings. The lowest BCUT2D eigenvalue weighted by molar-refractivity contribution is -0.159. The van der Waals surface area contributed by atoms with Crippen LogP contribution in [0.4, 0.5) is 0 Å². The number of nitrogens with zero attached hydrogens (tertiary/aromatic N) is 1. The number of ether oxygens (including phenoxy) is 1. The van der Waals surface area contributed by atoms with Gasteiger partial charge in [0.15, 0.2) is 0 Å². The zero-order valence-electron chi connectivity index (χ0n) is 20.4. The fraction of sp³-hybridized carbons (Fsp3) is 0.692. The molecule has 0 unspecified atom stereocenters. The van der Waals surface area contributed by atoms with Crippen molar-refractivity contribution >= 4 is 11.9 Å². The van der Waals surface area contributed by atoms with Crippen molar-refractivity contribution in [1.29, 1.82) is 0 Å². The number of carbonyl (C=O) groups is 2. The standard InChI is InChI=1S/C24H41NO.C2H2O4/c1-5-24(3,4)22-11-13-23(14-12-22)26-20-10-8-6-7-9-17-25-18-15-21(2)16-19-25;3-1(4)2(5)6/h11-14,21H,5-10,15-20H2,1-4H3;(H,3,4)(H,5,6). The molecule has 0 saturated carbocycles. The highest BCUT2D eigenvalue weighted by molar-refractivity contribution is 6.27. The van der Waals surface area contributed by atoms with Crippen LogP contribution in [0.3, 0.4) is 0 Å². The fourth-order valence-corrected chi connectivity index (χ4v) is 3.65. The molecule has 0 aromatic heterocycles. The van der Waals surface area contributed by atoms with Crippen molar-refractivity contribution in [3.05, 3.63) is 29.8 Å². The van der Waals surface area contributed by atoms with E-state index < -0.39 is 11.9 Å². The third-order valence-corrected chi connectivity index (χ3v) is 6.47. The summed E-state index contributed by atoms with van der Waals surface area (Å²) in [5, 5.41) is 14.8. The number of aliphatic carboxylic acids is 2. The quantitative estimate of drug-likeness (QED) is 0.338. The molecule has 0 spiro atoms. The van der Waals surface area contributed by atoms with Crippen LogP contribution in [0.1, 0.15) is 84.6 Å². The summed E-state index contributed by atoms with van der Waals surface area (Å²) in [7, 11) is 0. The number of benzene rings is 1. The van der Waals surface area contributed by atoms with Gasteiger partial charge in [-0.3, -0.25) is 0 Å². The summed E-state index contributed by atoms with van der Waals surface area (Å²) in [5.74, 6) is -1.69. The summed E-state index contributed by atoms with van der Waals surface area (Å²) in [6, 6.07) is 8.71. The molecule has 0 bridgehead atoms. The van der Waals surface area contributed by atoms with Crippen LogP contribution in [0.15, 0.2) is 24.3 Å². The second-order valence-corrected chi connectivity index (χ2v) is 9.51. The van der Waals surface area contributed by atoms with Gasteiger partial charge in [-0.25, -0.2) is 9.59 Å². The molecule has 0 radical (unpaired) electrons. The summed E-state index contributed by atoms with van der Waals surface area (Å²) in [6.45, 7) is 14.0. The van der Waals surface area contributed by atoms with Gasteiger partial charge in [0.25, 0.3) is 0 Å². The Morgan fingerprint density at radius 3 is 2.03 bits per heavy atom. The molecule has 0 atom stereocenters. The number of piperidine rings is 1. The Kier molecular flexibility index (Phi) is 13.0. The van der Waals surface area contributed by atoms with E-state index in [2.05, 4.69) is 56.9 Å². The van der Waals surface area contributed by atoms with Crippen LogP contribution in [0.5, 0.6) is 5.75 Å². The number of likely N-dealkylation sites (tertiary alicyclic amines) is 1. The Bertz CT molecular complexity index is 651. The molecule has 6 heteroatoms. The number of carboxylic acid groups (broad SMARTS) is 2. The summed E-state index contributed by atoms with van der Waals surface area (Å²) in [6.07, 6.45) is 10.5. The second-order valence-electron chi connectivity index (χ2n) is 9.51. The normalized spacial score (nSPS) is 15.0. The van der Waals surface area contributed by atoms with Gasteiger partial charge in [0.1, 0.15) is 5.75 Å². The zero-order chi connectivity index (χ0) is 24.0. The first-order valence-corrected chi connectivity index (χ1v) is 12.1. The number of unbranched alkanes of at least 4 members (excludes halogenated alkanes) is 4. The largest absolute Gasteiger partial charge is 0.494 e. The maximum absolute atomic E-state index is 9.10. The third-order valence-electron chi connectivity index (χ3n) is 6.47. The topological polar surface area (TPSA) is 87.1 Å². The molecule has 32 heavy (non-hydrogen) atoms. The van der Waals surface area contributed by atoms with Crippen LogP contribution in [0, 0.1) is 5.92 Å². The molecule has 1 aromatic carbocycles. The first kappa shape index (κ1) is 28.0. The van der Waals surface area contributed by atoms with Crippen molar-refractivity contribution in [2.45, 2.75) is 84.5 Å². The molecular weight excluding hydrogens is 406 g/mol. The van der Waals surface area contributed by atoms with Crippen LogP contribution >= 0.6 is 0 Å². The first-order chi connectivity index (χ1) is 15.2. The Morgan fingerprint density at radius 2 is 1.50 bits per heavy atom. The van der Waals surface area contributed by atoms with Crippen molar-refractivity contribution in [3.8, 4) is 5.75 Å². The maximum Gasteiger partial charge on any atom is 0.414 e. The number of hydrogen-bond donors (Lipinski definition) is 2. The molecule has 182 valence electrons. The predicted molar refractivity (Wildman–Crippen MR) is 128 cm³/mol. The zero-order valence-corrected chi connectivity index (χ0v) is 20.4. The Hall–Kier alpha value is -2.08. The van der Waals surface area contributed by atoms with Gasteiger partial charge in [-0.15, -0.1) is 0 Å². The molecule has 0 aliphatic carbocycles. The summed E-state index contributed by atoms with van der Waals surface area (Å²) in [4.78, 5) is 20.9. The summed E-state index contributed by atoms with van der Waals surface area (Å²) in [5.41, 5.74) is 1.65. The first-order valence-electron chi connectivity index (χ1n) is 12.1. The fourth-order valence-electron chi connectivity index (χ4n) is 3.65. The van der Waals surface area contributed by atoms with E-state index in [0.29, 0.717) is 0 Å². The van der Waals surface area contributed by atoms with E-state index in [4.69, 9.17) is 24.5 Å². The third kappa shape index (κ3) is 11.5. The van der Waals surface area contributed by atoms with E-state index in [0.717, 1.165) is 24.7 Å². The molecule has 1 aliphatic heterocycles. The van der Waals surface area contributed by atoms with Gasteiger partial charge < -0.3 is 19.8 Å². The van der Waals surface area contributed by atoms with Crippen LogP contribution < -0.4 is 4.74 Å². The highest BCUT2D eigenvalue weighted by Gasteiger charge is 2.17. The molecule has 2 N–H and O–H groups in total. The van der Waals surface area contributed by atoms with Crippen molar-refractivity contribution in [1.82, 2.24) is 4.90 Å². The van der Waals surface area contributed by atoms with E-state index in [1.807, 2.05) is 0 Å². The molecule has 1 saturated heterocycles. The lowest BCUT2D eigenvalue weighted by Gasteiger charge is -2.30. The number of rotatable bonds is 11. The average Bonchev–Trinajstić information content (AvgIpc) is 2.77. The van der Waals surface area contributed by atoms with Gasteiger partial charge in [-0.2, -0.15) is 0 Å². The highest BCUT2D eigenvalue weighted by atomic mass is 16.5. The van der Waals surface area contributed by atoms with E-state index >= 15 is 0 Å². The monoisotopic (exact) mass is 449 g/mol. The van der Waals surface area contributed by atoms with Crippen LogP contribution in [-0.2, 0) is 15.0 Å². The van der Waals surface area contributed by atoms with Gasteiger partial charge in [0, 0.05) is 0 Å². The Balaban J connectivity index is 0.000000751. The van der Waals surface area contributed by atoms with Crippen molar-refractivity contribution in [3.63, 3.8) is 0 Å². The van der Waals surface area contributed by atoms with Crippen molar-refractivity contribution in [2.24, 2.45) is 5.92 Å². The Morgan fingerprint density at radius 1 is 0.969 bits per heavy atom. The molecule has 1 aromatic rings. The smallest absolute Gasteiger partial charge is 0.414 e. The Labute approximate surface area is 194 Å². The van der Waals surface area contributed by atoms with Crippen LogP contribution in [0.25, 0.3) is 0 Å². The molecule has 0 amide bonds. The highest BCUT2D eigenvalue weighted by Crippen LogP contribution is 2.28. The minimum Gasteiger partial charge on any atom is -0.494 e. The van der Waals surface area contributed by atoms with Gasteiger partial charge in [0.2, 0.25) is 0 Å². The lowest BCUT2D eigenvalue weighted by atomic mass is 9.82.